The molecule has 2 aromatic heterocycles. The van der Waals surface area contributed by atoms with Gasteiger partial charge in [-0.05, 0) is 25.0 Å². The molecule has 0 saturated carbocycles. The Hall–Kier alpha value is -2.80. The van der Waals surface area contributed by atoms with E-state index in [1.807, 2.05) is 29.7 Å². The maximum Gasteiger partial charge on any atom is 0.387 e. The number of aromatic nitrogens is 3. The van der Waals surface area contributed by atoms with E-state index in [1.165, 1.54) is 0 Å². The first-order chi connectivity index (χ1) is 13.1. The van der Waals surface area contributed by atoms with Crippen LogP contribution in [0, 0.1) is 6.92 Å². The van der Waals surface area contributed by atoms with Crippen LogP contribution < -0.4 is 4.74 Å². The largest absolute Gasteiger partial charge is 0.435 e. The summed E-state index contributed by atoms with van der Waals surface area (Å²) in [6, 6.07) is 6.84. The number of aryl methyl sites for hydroxylation is 1. The summed E-state index contributed by atoms with van der Waals surface area (Å²) in [5.74, 6) is 0.184. The molecule has 1 aromatic carbocycles. The van der Waals surface area contributed by atoms with Gasteiger partial charge in [0.15, 0.2) is 5.65 Å². The van der Waals surface area contributed by atoms with E-state index in [-0.39, 0.29) is 5.75 Å². The molecule has 0 fully saturated rings. The van der Waals surface area contributed by atoms with Crippen molar-refractivity contribution in [2.45, 2.75) is 26.4 Å². The number of ether oxygens (including phenoxy) is 2. The molecule has 4 rings (SSSR count). The summed E-state index contributed by atoms with van der Waals surface area (Å²) >= 11 is 0. The number of imidazole rings is 1. The average Bonchev–Trinajstić information content (AvgIpc) is 2.98. The molecule has 0 spiro atoms. The van der Waals surface area contributed by atoms with Gasteiger partial charge in [0, 0.05) is 18.2 Å². The Morgan fingerprint density at radius 2 is 2.15 bits per heavy atom. The van der Waals surface area contributed by atoms with Gasteiger partial charge in [-0.25, -0.2) is 4.98 Å². The Kier molecular flexibility index (Phi) is 4.85. The van der Waals surface area contributed by atoms with Gasteiger partial charge in [-0.3, -0.25) is 4.98 Å². The summed E-state index contributed by atoms with van der Waals surface area (Å²) in [5.41, 5.74) is 5.19. The third-order valence-corrected chi connectivity index (χ3v) is 4.65. The lowest BCUT2D eigenvalue weighted by molar-refractivity contribution is -0.0503. The smallest absolute Gasteiger partial charge is 0.387 e. The van der Waals surface area contributed by atoms with E-state index in [0.29, 0.717) is 25.2 Å². The van der Waals surface area contributed by atoms with Crippen LogP contribution in [0.2, 0.25) is 0 Å². The molecular formula is C20H19F2N3O2. The maximum absolute atomic E-state index is 12.7. The van der Waals surface area contributed by atoms with Gasteiger partial charge in [-0.1, -0.05) is 24.3 Å². The monoisotopic (exact) mass is 371 g/mol. The van der Waals surface area contributed by atoms with Crippen LogP contribution in [0.5, 0.6) is 5.75 Å². The first-order valence-electron chi connectivity index (χ1n) is 8.75. The van der Waals surface area contributed by atoms with Gasteiger partial charge in [0.25, 0.3) is 0 Å². The average molecular weight is 371 g/mol. The van der Waals surface area contributed by atoms with Crippen molar-refractivity contribution in [3.8, 4) is 5.75 Å². The quantitative estimate of drug-likeness (QED) is 0.679. The van der Waals surface area contributed by atoms with Crippen LogP contribution in [0.1, 0.15) is 29.1 Å². The predicted octanol–water partition coefficient (Wildman–Crippen LogP) is 4.03. The van der Waals surface area contributed by atoms with E-state index >= 15 is 0 Å². The number of alkyl halides is 2. The molecule has 3 aromatic rings. The second-order valence-electron chi connectivity index (χ2n) is 6.36. The van der Waals surface area contributed by atoms with Gasteiger partial charge in [-0.15, -0.1) is 0 Å². The van der Waals surface area contributed by atoms with Crippen LogP contribution >= 0.6 is 0 Å². The van der Waals surface area contributed by atoms with Crippen LogP contribution in [-0.2, 0) is 11.2 Å². The lowest BCUT2D eigenvalue weighted by atomic mass is 10.1. The molecule has 5 nitrogen and oxygen atoms in total. The van der Waals surface area contributed by atoms with Gasteiger partial charge in [-0.2, -0.15) is 8.78 Å². The van der Waals surface area contributed by atoms with Gasteiger partial charge < -0.3 is 13.9 Å². The molecule has 0 aliphatic carbocycles. The number of nitrogens with zero attached hydrogens (tertiary/aromatic N) is 3. The van der Waals surface area contributed by atoms with Gasteiger partial charge in [0.05, 0.1) is 36.5 Å². The second-order valence-corrected chi connectivity index (χ2v) is 6.36. The molecule has 1 aliphatic heterocycles. The summed E-state index contributed by atoms with van der Waals surface area (Å²) < 4.78 is 37.4. The molecular weight excluding hydrogens is 352 g/mol. The second kappa shape index (κ2) is 7.44. The first-order valence-corrected chi connectivity index (χ1v) is 8.75. The Bertz CT molecular complexity index is 998. The molecule has 0 saturated heterocycles. The summed E-state index contributed by atoms with van der Waals surface area (Å²) in [6.07, 6.45) is 6.98. The van der Waals surface area contributed by atoms with E-state index in [0.717, 1.165) is 34.7 Å². The molecule has 7 heteroatoms. The molecule has 27 heavy (non-hydrogen) atoms. The van der Waals surface area contributed by atoms with Crippen LogP contribution in [0.4, 0.5) is 8.78 Å². The maximum atomic E-state index is 12.7. The third-order valence-electron chi connectivity index (χ3n) is 4.65. The third kappa shape index (κ3) is 3.68. The molecule has 0 amide bonds. The number of hydrogen-bond acceptors (Lipinski definition) is 4. The number of hydrogen-bond donors (Lipinski definition) is 0. The van der Waals surface area contributed by atoms with Gasteiger partial charge in [0.2, 0.25) is 0 Å². The number of halogens is 2. The highest BCUT2D eigenvalue weighted by Gasteiger charge is 2.16. The fourth-order valence-corrected chi connectivity index (χ4v) is 3.30. The standard InChI is InChI=1S/C20H19F2N3O2/c1-13-17(10-15-4-2-3-5-18(15)27-20(21)22)25-12-16(23-11-19(25)24-13)14-6-8-26-9-7-14/h2-6,11-12,20H,7-10H2,1H3. The van der Waals surface area contributed by atoms with Crippen LogP contribution in [0.15, 0.2) is 42.7 Å². The van der Waals surface area contributed by atoms with Crippen molar-refractivity contribution in [3.63, 3.8) is 0 Å². The lowest BCUT2D eigenvalue weighted by Crippen LogP contribution is -2.07. The van der Waals surface area contributed by atoms with Gasteiger partial charge >= 0.3 is 6.61 Å². The number of rotatable bonds is 5. The lowest BCUT2D eigenvalue weighted by Gasteiger charge is -2.14. The number of para-hydroxylation sites is 1. The van der Waals surface area contributed by atoms with Crippen LogP contribution in [-0.4, -0.2) is 34.2 Å². The molecule has 0 unspecified atom stereocenters. The van der Waals surface area contributed by atoms with Crippen molar-refractivity contribution in [1.29, 1.82) is 0 Å². The highest BCUT2D eigenvalue weighted by Crippen LogP contribution is 2.26. The molecule has 0 radical (unpaired) electrons. The van der Waals surface area contributed by atoms with Crippen molar-refractivity contribution in [3.05, 3.63) is 65.4 Å². The highest BCUT2D eigenvalue weighted by molar-refractivity contribution is 5.64. The van der Waals surface area contributed by atoms with Crippen LogP contribution in [0.25, 0.3) is 11.2 Å². The molecule has 0 atom stereocenters. The first kappa shape index (κ1) is 17.6. The molecule has 0 bridgehead atoms. The fourth-order valence-electron chi connectivity index (χ4n) is 3.30. The van der Waals surface area contributed by atoms with E-state index < -0.39 is 6.61 Å². The minimum atomic E-state index is -2.86. The SMILES string of the molecule is Cc1nc2cnc(C3=CCOCC3)cn2c1Cc1ccccc1OC(F)F. The summed E-state index contributed by atoms with van der Waals surface area (Å²) in [7, 11) is 0. The minimum Gasteiger partial charge on any atom is -0.435 e. The fraction of sp³-hybridized carbons (Fsp3) is 0.300. The Morgan fingerprint density at radius 3 is 2.93 bits per heavy atom. The van der Waals surface area contributed by atoms with E-state index in [2.05, 4.69) is 14.7 Å². The molecule has 0 N–H and O–H groups in total. The summed E-state index contributed by atoms with van der Waals surface area (Å²) in [6.45, 7) is 0.320. The van der Waals surface area contributed by atoms with Crippen molar-refractivity contribution < 1.29 is 18.3 Å². The molecule has 140 valence electrons. The Morgan fingerprint density at radius 1 is 1.30 bits per heavy atom. The number of fused-ring (bicyclic) bond motifs is 1. The van der Waals surface area contributed by atoms with E-state index in [4.69, 9.17) is 4.74 Å². The van der Waals surface area contributed by atoms with Crippen molar-refractivity contribution in [2.75, 3.05) is 13.2 Å². The minimum absolute atomic E-state index is 0.184. The number of benzene rings is 1. The zero-order valence-electron chi connectivity index (χ0n) is 14.9. The Balaban J connectivity index is 1.73. The Labute approximate surface area is 155 Å². The van der Waals surface area contributed by atoms with E-state index in [1.54, 1.807) is 24.4 Å². The summed E-state index contributed by atoms with van der Waals surface area (Å²) in [4.78, 5) is 9.07. The highest BCUT2D eigenvalue weighted by atomic mass is 19.3. The predicted molar refractivity (Wildman–Crippen MR) is 97.0 cm³/mol. The topological polar surface area (TPSA) is 48.7 Å². The van der Waals surface area contributed by atoms with Crippen LogP contribution in [0.3, 0.4) is 0 Å². The van der Waals surface area contributed by atoms with E-state index in [9.17, 15) is 8.78 Å². The normalized spacial score (nSPS) is 14.6. The van der Waals surface area contributed by atoms with Crippen molar-refractivity contribution in [2.24, 2.45) is 0 Å². The summed E-state index contributed by atoms with van der Waals surface area (Å²) in [5, 5.41) is 0. The van der Waals surface area contributed by atoms with Crippen molar-refractivity contribution >= 4 is 11.2 Å². The zero-order chi connectivity index (χ0) is 18.8. The molecule has 3 heterocycles. The zero-order valence-corrected chi connectivity index (χ0v) is 14.9. The van der Waals surface area contributed by atoms with Crippen molar-refractivity contribution in [1.82, 2.24) is 14.4 Å². The van der Waals surface area contributed by atoms with Gasteiger partial charge in [0.1, 0.15) is 5.75 Å². The molecule has 1 aliphatic rings.